The number of methoxy groups -OCH3 is 1. The molecule has 1 rings (SSSR count). The molecule has 1 atom stereocenters. The average molecular weight is 237 g/mol. The summed E-state index contributed by atoms with van der Waals surface area (Å²) in [4.78, 5) is 0. The second kappa shape index (κ2) is 4.67. The number of rotatable bonds is 3. The number of hydrogen-bond acceptors (Lipinski definition) is 3. The third-order valence-electron chi connectivity index (χ3n) is 3.22. The molecule has 0 spiro atoms. The molecule has 0 heterocycles. The van der Waals surface area contributed by atoms with Gasteiger partial charge in [-0.15, -0.1) is 0 Å². The zero-order valence-corrected chi connectivity index (χ0v) is 11.6. The second-order valence-electron chi connectivity index (χ2n) is 5.31. The molecule has 96 valence electrons. The largest absolute Gasteiger partial charge is 0.496 e. The van der Waals surface area contributed by atoms with E-state index in [-0.39, 0.29) is 0 Å². The van der Waals surface area contributed by atoms with Crippen LogP contribution in [-0.2, 0) is 0 Å². The number of aliphatic hydroxyl groups is 1. The van der Waals surface area contributed by atoms with E-state index in [9.17, 15) is 5.11 Å². The van der Waals surface area contributed by atoms with Crippen molar-refractivity contribution in [3.05, 3.63) is 28.3 Å². The summed E-state index contributed by atoms with van der Waals surface area (Å²) in [5.74, 6) is 0.744. The first-order chi connectivity index (χ1) is 7.70. The van der Waals surface area contributed by atoms with Crippen LogP contribution in [-0.4, -0.2) is 17.8 Å². The van der Waals surface area contributed by atoms with Crippen molar-refractivity contribution in [3.8, 4) is 5.75 Å². The summed E-state index contributed by atoms with van der Waals surface area (Å²) >= 11 is 0. The number of benzene rings is 1. The molecule has 3 N–H and O–H groups in total. The minimum Gasteiger partial charge on any atom is -0.496 e. The summed E-state index contributed by atoms with van der Waals surface area (Å²) in [6.45, 7) is 9.62. The van der Waals surface area contributed by atoms with Crippen LogP contribution >= 0.6 is 0 Å². The Bertz CT molecular complexity index is 419. The molecule has 0 saturated carbocycles. The topological polar surface area (TPSA) is 55.5 Å². The Kier molecular flexibility index (Phi) is 3.84. The van der Waals surface area contributed by atoms with Crippen molar-refractivity contribution in [2.75, 3.05) is 7.11 Å². The van der Waals surface area contributed by atoms with Gasteiger partial charge in [-0.1, -0.05) is 6.07 Å². The van der Waals surface area contributed by atoms with Crippen molar-refractivity contribution < 1.29 is 9.84 Å². The Morgan fingerprint density at radius 3 is 2.18 bits per heavy atom. The van der Waals surface area contributed by atoms with Gasteiger partial charge in [0.05, 0.1) is 7.11 Å². The van der Waals surface area contributed by atoms with Crippen LogP contribution in [0.3, 0.4) is 0 Å². The fourth-order valence-corrected chi connectivity index (χ4v) is 2.05. The molecule has 0 radical (unpaired) electrons. The zero-order valence-electron chi connectivity index (χ0n) is 11.6. The molecule has 0 saturated heterocycles. The van der Waals surface area contributed by atoms with Crippen molar-refractivity contribution in [3.63, 3.8) is 0 Å². The summed E-state index contributed by atoms with van der Waals surface area (Å²) in [6, 6.07) is 2.06. The number of nitrogens with two attached hydrogens (primary N) is 1. The van der Waals surface area contributed by atoms with Gasteiger partial charge >= 0.3 is 0 Å². The predicted octanol–water partition coefficient (Wildman–Crippen LogP) is 2.39. The quantitative estimate of drug-likeness (QED) is 0.848. The Labute approximate surface area is 104 Å². The maximum atomic E-state index is 10.4. The standard InChI is InChI=1S/C14H23NO2/c1-8-7-9(2)11(12(17-6)10(8)3)13(16)14(4,5)15/h7,13,16H,15H2,1-6H3. The highest BCUT2D eigenvalue weighted by Gasteiger charge is 2.29. The van der Waals surface area contributed by atoms with E-state index in [4.69, 9.17) is 10.5 Å². The van der Waals surface area contributed by atoms with Crippen molar-refractivity contribution in [1.82, 2.24) is 0 Å². The van der Waals surface area contributed by atoms with Gasteiger partial charge in [-0.05, 0) is 51.3 Å². The first-order valence-electron chi connectivity index (χ1n) is 5.81. The Morgan fingerprint density at radius 2 is 1.76 bits per heavy atom. The van der Waals surface area contributed by atoms with Gasteiger partial charge in [0, 0.05) is 11.1 Å². The van der Waals surface area contributed by atoms with Crippen molar-refractivity contribution in [2.45, 2.75) is 46.3 Å². The Balaban J connectivity index is 3.47. The lowest BCUT2D eigenvalue weighted by Crippen LogP contribution is -2.39. The third-order valence-corrected chi connectivity index (χ3v) is 3.22. The molecule has 3 heteroatoms. The van der Waals surface area contributed by atoms with Gasteiger partial charge in [-0.2, -0.15) is 0 Å². The minimum absolute atomic E-state index is 0.695. The van der Waals surface area contributed by atoms with Gasteiger partial charge in [0.25, 0.3) is 0 Å². The molecule has 0 aliphatic rings. The van der Waals surface area contributed by atoms with E-state index in [2.05, 4.69) is 6.07 Å². The smallest absolute Gasteiger partial charge is 0.128 e. The van der Waals surface area contributed by atoms with Crippen molar-refractivity contribution in [1.29, 1.82) is 0 Å². The van der Waals surface area contributed by atoms with Crippen molar-refractivity contribution >= 4 is 0 Å². The SMILES string of the molecule is COc1c(C)c(C)cc(C)c1C(O)C(C)(C)N. The molecular weight excluding hydrogens is 214 g/mol. The van der Waals surface area contributed by atoms with Crippen LogP contribution in [0.5, 0.6) is 5.75 Å². The van der Waals surface area contributed by atoms with Crippen LogP contribution in [0.4, 0.5) is 0 Å². The molecule has 3 nitrogen and oxygen atoms in total. The summed E-state index contributed by atoms with van der Waals surface area (Å²) in [5.41, 5.74) is 9.31. The van der Waals surface area contributed by atoms with E-state index in [1.165, 1.54) is 0 Å². The van der Waals surface area contributed by atoms with Crippen LogP contribution in [0.15, 0.2) is 6.07 Å². The van der Waals surface area contributed by atoms with Gasteiger partial charge in [0.1, 0.15) is 11.9 Å². The second-order valence-corrected chi connectivity index (χ2v) is 5.31. The van der Waals surface area contributed by atoms with Gasteiger partial charge in [-0.3, -0.25) is 0 Å². The highest BCUT2D eigenvalue weighted by Crippen LogP contribution is 2.37. The highest BCUT2D eigenvalue weighted by atomic mass is 16.5. The third kappa shape index (κ3) is 2.61. The molecule has 0 fully saturated rings. The van der Waals surface area contributed by atoms with Gasteiger partial charge in [0.2, 0.25) is 0 Å². The lowest BCUT2D eigenvalue weighted by atomic mass is 9.87. The highest BCUT2D eigenvalue weighted by molar-refractivity contribution is 5.51. The molecule has 1 aromatic carbocycles. The van der Waals surface area contributed by atoms with Gasteiger partial charge in [-0.25, -0.2) is 0 Å². The van der Waals surface area contributed by atoms with E-state index >= 15 is 0 Å². The number of hydrogen-bond donors (Lipinski definition) is 2. The molecule has 0 amide bonds. The van der Waals surface area contributed by atoms with Gasteiger partial charge in [0.15, 0.2) is 0 Å². The Morgan fingerprint density at radius 1 is 1.24 bits per heavy atom. The van der Waals surface area contributed by atoms with Crippen LogP contribution in [0.1, 0.15) is 42.2 Å². The summed E-state index contributed by atoms with van der Waals surface area (Å²) < 4.78 is 5.44. The molecule has 0 aromatic heterocycles. The number of ether oxygens (including phenoxy) is 1. The van der Waals surface area contributed by atoms with Gasteiger partial charge < -0.3 is 15.6 Å². The predicted molar refractivity (Wildman–Crippen MR) is 70.4 cm³/mol. The fraction of sp³-hybridized carbons (Fsp3) is 0.571. The average Bonchev–Trinajstić information content (AvgIpc) is 2.20. The number of aryl methyl sites for hydroxylation is 2. The van der Waals surface area contributed by atoms with Crippen LogP contribution in [0.25, 0.3) is 0 Å². The summed E-state index contributed by atoms with van der Waals surface area (Å²) in [7, 11) is 1.63. The monoisotopic (exact) mass is 237 g/mol. The lowest BCUT2D eigenvalue weighted by molar-refractivity contribution is 0.101. The first-order valence-corrected chi connectivity index (χ1v) is 5.81. The zero-order chi connectivity index (χ0) is 13.4. The van der Waals surface area contributed by atoms with E-state index in [0.717, 1.165) is 28.0 Å². The fourth-order valence-electron chi connectivity index (χ4n) is 2.05. The maximum Gasteiger partial charge on any atom is 0.128 e. The molecular formula is C14H23NO2. The van der Waals surface area contributed by atoms with Crippen molar-refractivity contribution in [2.24, 2.45) is 5.73 Å². The summed E-state index contributed by atoms with van der Waals surface area (Å²) in [6.07, 6.45) is -0.739. The number of aliphatic hydroxyl groups excluding tert-OH is 1. The lowest BCUT2D eigenvalue weighted by Gasteiger charge is -2.29. The van der Waals surface area contributed by atoms with E-state index in [1.807, 2.05) is 34.6 Å². The maximum absolute atomic E-state index is 10.4. The van der Waals surface area contributed by atoms with E-state index in [1.54, 1.807) is 7.11 Å². The first kappa shape index (κ1) is 14.0. The molecule has 1 aromatic rings. The van der Waals surface area contributed by atoms with Crippen LogP contribution in [0.2, 0.25) is 0 Å². The molecule has 17 heavy (non-hydrogen) atoms. The molecule has 1 unspecified atom stereocenters. The van der Waals surface area contributed by atoms with Crippen LogP contribution < -0.4 is 10.5 Å². The molecule has 0 aliphatic carbocycles. The Hall–Kier alpha value is -1.06. The van der Waals surface area contributed by atoms with E-state index in [0.29, 0.717) is 0 Å². The van der Waals surface area contributed by atoms with E-state index < -0.39 is 11.6 Å². The molecule has 0 bridgehead atoms. The van der Waals surface area contributed by atoms with Crippen LogP contribution in [0, 0.1) is 20.8 Å². The summed E-state index contributed by atoms with van der Waals surface area (Å²) in [5, 5.41) is 10.4. The normalized spacial score (nSPS) is 13.6. The molecule has 0 aliphatic heterocycles. The minimum atomic E-state index is -0.739.